The second kappa shape index (κ2) is 6.11. The molecule has 4 heteroatoms. The molecule has 3 rings (SSSR count). The van der Waals surface area contributed by atoms with Crippen molar-refractivity contribution in [1.29, 1.82) is 0 Å². The van der Waals surface area contributed by atoms with Crippen molar-refractivity contribution >= 4 is 11.6 Å². The highest BCUT2D eigenvalue weighted by Gasteiger charge is 2.27. The van der Waals surface area contributed by atoms with E-state index < -0.39 is 0 Å². The number of hydrogen-bond donors (Lipinski definition) is 1. The van der Waals surface area contributed by atoms with Crippen molar-refractivity contribution in [2.75, 3.05) is 18.8 Å². The molecular weight excluding hydrogens is 288 g/mol. The van der Waals surface area contributed by atoms with Crippen molar-refractivity contribution in [3.8, 4) is 11.3 Å². The van der Waals surface area contributed by atoms with Crippen LogP contribution in [0.1, 0.15) is 36.4 Å². The molecule has 0 saturated carbocycles. The van der Waals surface area contributed by atoms with Crippen LogP contribution >= 0.6 is 0 Å². The zero-order valence-corrected chi connectivity index (χ0v) is 14.0. The van der Waals surface area contributed by atoms with Gasteiger partial charge in [-0.05, 0) is 55.0 Å². The second-order valence-corrected chi connectivity index (χ2v) is 6.91. The normalized spacial score (nSPS) is 21.4. The number of hydrogen-bond acceptors (Lipinski definition) is 3. The summed E-state index contributed by atoms with van der Waals surface area (Å²) in [6.45, 7) is 7.97. The molecule has 0 unspecified atom stereocenters. The van der Waals surface area contributed by atoms with Gasteiger partial charge in [0.1, 0.15) is 5.76 Å². The minimum atomic E-state index is -0.0275. The summed E-state index contributed by atoms with van der Waals surface area (Å²) in [4.78, 5) is 14.6. The van der Waals surface area contributed by atoms with E-state index in [1.54, 1.807) is 6.07 Å². The van der Waals surface area contributed by atoms with Crippen LogP contribution in [0.4, 0.5) is 5.69 Å². The zero-order chi connectivity index (χ0) is 16.6. The van der Waals surface area contributed by atoms with Crippen molar-refractivity contribution in [2.45, 2.75) is 27.2 Å². The highest BCUT2D eigenvalue weighted by Crippen LogP contribution is 2.29. The number of piperidine rings is 1. The number of carbonyl (C=O) groups is 1. The first-order valence-electron chi connectivity index (χ1n) is 8.19. The monoisotopic (exact) mass is 312 g/mol. The van der Waals surface area contributed by atoms with Crippen LogP contribution in [0.2, 0.25) is 0 Å². The van der Waals surface area contributed by atoms with E-state index in [9.17, 15) is 4.79 Å². The molecule has 2 atom stereocenters. The third-order valence-corrected chi connectivity index (χ3v) is 4.45. The standard InChI is InChI=1S/C19H24N2O2/c1-12-4-5-15(16(20)9-12)17-6-7-18(23-17)19(22)21-10-13(2)8-14(3)11-21/h4-7,9,13-14H,8,10-11,20H2,1-3H3/t13-,14+. The van der Waals surface area contributed by atoms with Crippen molar-refractivity contribution in [2.24, 2.45) is 11.8 Å². The minimum absolute atomic E-state index is 0.0275. The van der Waals surface area contributed by atoms with Crippen molar-refractivity contribution in [3.63, 3.8) is 0 Å². The van der Waals surface area contributed by atoms with Crippen LogP contribution in [-0.4, -0.2) is 23.9 Å². The summed E-state index contributed by atoms with van der Waals surface area (Å²) in [5.41, 5.74) is 8.66. The summed E-state index contributed by atoms with van der Waals surface area (Å²) < 4.78 is 5.80. The maximum atomic E-state index is 12.7. The Kier molecular flexibility index (Phi) is 4.16. The number of likely N-dealkylation sites (tertiary alicyclic amines) is 1. The van der Waals surface area contributed by atoms with Gasteiger partial charge in [0, 0.05) is 24.3 Å². The summed E-state index contributed by atoms with van der Waals surface area (Å²) in [5.74, 6) is 2.07. The largest absolute Gasteiger partial charge is 0.451 e. The van der Waals surface area contributed by atoms with E-state index >= 15 is 0 Å². The fourth-order valence-electron chi connectivity index (χ4n) is 3.49. The molecule has 1 aliphatic rings. The van der Waals surface area contributed by atoms with Gasteiger partial charge >= 0.3 is 0 Å². The van der Waals surface area contributed by atoms with E-state index in [1.165, 1.54) is 6.42 Å². The lowest BCUT2D eigenvalue weighted by Crippen LogP contribution is -2.42. The van der Waals surface area contributed by atoms with E-state index in [0.29, 0.717) is 29.0 Å². The Morgan fingerprint density at radius 2 is 1.87 bits per heavy atom. The van der Waals surface area contributed by atoms with Gasteiger partial charge in [-0.3, -0.25) is 4.79 Å². The lowest BCUT2D eigenvalue weighted by molar-refractivity contribution is 0.0592. The number of anilines is 1. The molecule has 2 aromatic rings. The molecule has 1 aliphatic heterocycles. The van der Waals surface area contributed by atoms with Crippen LogP contribution in [-0.2, 0) is 0 Å². The molecule has 1 saturated heterocycles. The summed E-state index contributed by atoms with van der Waals surface area (Å²) in [5, 5.41) is 0. The Labute approximate surface area is 137 Å². The minimum Gasteiger partial charge on any atom is -0.451 e. The number of nitrogens with zero attached hydrogens (tertiary/aromatic N) is 1. The average molecular weight is 312 g/mol. The molecule has 0 bridgehead atoms. The van der Waals surface area contributed by atoms with Crippen LogP contribution in [0, 0.1) is 18.8 Å². The predicted octanol–water partition coefficient (Wildman–Crippen LogP) is 3.96. The Balaban J connectivity index is 1.82. The number of furan rings is 1. The van der Waals surface area contributed by atoms with Gasteiger partial charge in [0.2, 0.25) is 0 Å². The molecule has 2 heterocycles. The van der Waals surface area contributed by atoms with Crippen molar-refractivity contribution in [1.82, 2.24) is 4.90 Å². The first-order valence-corrected chi connectivity index (χ1v) is 8.19. The molecule has 2 N–H and O–H groups in total. The van der Waals surface area contributed by atoms with E-state index in [1.807, 2.05) is 36.1 Å². The molecule has 0 spiro atoms. The Morgan fingerprint density at radius 3 is 2.52 bits per heavy atom. The molecule has 1 aromatic carbocycles. The van der Waals surface area contributed by atoms with Crippen molar-refractivity contribution in [3.05, 3.63) is 41.7 Å². The summed E-state index contributed by atoms with van der Waals surface area (Å²) in [6.07, 6.45) is 1.17. The molecule has 1 amide bonds. The van der Waals surface area contributed by atoms with Crippen LogP contribution in [0.5, 0.6) is 0 Å². The smallest absolute Gasteiger partial charge is 0.289 e. The van der Waals surface area contributed by atoms with Gasteiger partial charge < -0.3 is 15.1 Å². The first kappa shape index (κ1) is 15.7. The molecule has 1 aromatic heterocycles. The average Bonchev–Trinajstić information content (AvgIpc) is 2.95. The Morgan fingerprint density at radius 1 is 1.17 bits per heavy atom. The summed E-state index contributed by atoms with van der Waals surface area (Å²) in [6, 6.07) is 9.41. The van der Waals surface area contributed by atoms with Gasteiger partial charge in [-0.1, -0.05) is 19.9 Å². The lowest BCUT2D eigenvalue weighted by Gasteiger charge is -2.34. The zero-order valence-electron chi connectivity index (χ0n) is 14.0. The van der Waals surface area contributed by atoms with Gasteiger partial charge in [-0.25, -0.2) is 0 Å². The fourth-order valence-corrected chi connectivity index (χ4v) is 3.49. The molecule has 0 aliphatic carbocycles. The number of nitrogens with two attached hydrogens (primary N) is 1. The predicted molar refractivity (Wildman–Crippen MR) is 92.1 cm³/mol. The fraction of sp³-hybridized carbons (Fsp3) is 0.421. The van der Waals surface area contributed by atoms with E-state index in [4.69, 9.17) is 10.2 Å². The van der Waals surface area contributed by atoms with Gasteiger partial charge in [-0.2, -0.15) is 0 Å². The quantitative estimate of drug-likeness (QED) is 0.854. The maximum Gasteiger partial charge on any atom is 0.289 e. The van der Waals surface area contributed by atoms with Crippen molar-refractivity contribution < 1.29 is 9.21 Å². The van der Waals surface area contributed by atoms with Gasteiger partial charge in [0.15, 0.2) is 5.76 Å². The lowest BCUT2D eigenvalue weighted by atomic mass is 9.92. The number of benzene rings is 1. The second-order valence-electron chi connectivity index (χ2n) is 6.91. The van der Waals surface area contributed by atoms with E-state index in [-0.39, 0.29) is 5.91 Å². The van der Waals surface area contributed by atoms with Crippen LogP contribution in [0.3, 0.4) is 0 Å². The summed E-state index contributed by atoms with van der Waals surface area (Å²) in [7, 11) is 0. The Bertz CT molecular complexity index is 710. The van der Waals surface area contributed by atoms with Gasteiger partial charge in [-0.15, -0.1) is 0 Å². The number of nitrogen functional groups attached to an aromatic ring is 1. The third-order valence-electron chi connectivity index (χ3n) is 4.45. The number of aryl methyl sites for hydroxylation is 1. The van der Waals surface area contributed by atoms with E-state index in [2.05, 4.69) is 13.8 Å². The van der Waals surface area contributed by atoms with Crippen LogP contribution in [0.15, 0.2) is 34.7 Å². The molecule has 4 nitrogen and oxygen atoms in total. The molecule has 122 valence electrons. The highest BCUT2D eigenvalue weighted by atomic mass is 16.4. The highest BCUT2D eigenvalue weighted by molar-refractivity contribution is 5.92. The van der Waals surface area contributed by atoms with Crippen LogP contribution < -0.4 is 5.73 Å². The van der Waals surface area contributed by atoms with Gasteiger partial charge in [0.25, 0.3) is 5.91 Å². The van der Waals surface area contributed by atoms with E-state index in [0.717, 1.165) is 24.2 Å². The topological polar surface area (TPSA) is 59.5 Å². The third kappa shape index (κ3) is 3.26. The Hall–Kier alpha value is -2.23. The summed E-state index contributed by atoms with van der Waals surface area (Å²) >= 11 is 0. The number of amides is 1. The van der Waals surface area contributed by atoms with Crippen LogP contribution in [0.25, 0.3) is 11.3 Å². The molecule has 0 radical (unpaired) electrons. The van der Waals surface area contributed by atoms with Gasteiger partial charge in [0.05, 0.1) is 0 Å². The molecule has 1 fully saturated rings. The SMILES string of the molecule is Cc1ccc(-c2ccc(C(=O)N3C[C@H](C)C[C@H](C)C3)o2)c(N)c1. The number of carbonyl (C=O) groups excluding carboxylic acids is 1. The molecular formula is C19H24N2O2. The molecule has 23 heavy (non-hydrogen) atoms. The number of rotatable bonds is 2. The first-order chi connectivity index (χ1) is 10.9. The maximum absolute atomic E-state index is 12.7.